The second-order valence-electron chi connectivity index (χ2n) is 4.70. The fourth-order valence-corrected chi connectivity index (χ4v) is 2.78. The molecule has 0 unspecified atom stereocenters. The van der Waals surface area contributed by atoms with E-state index in [2.05, 4.69) is 24.6 Å². The first kappa shape index (κ1) is 14.0. The maximum absolute atomic E-state index is 12.2. The van der Waals surface area contributed by atoms with E-state index in [-0.39, 0.29) is 5.91 Å². The van der Waals surface area contributed by atoms with E-state index in [4.69, 9.17) is 0 Å². The zero-order chi connectivity index (χ0) is 13.8. The molecule has 0 aliphatic carbocycles. The van der Waals surface area contributed by atoms with Crippen LogP contribution in [0.3, 0.4) is 0 Å². The Hall–Kier alpha value is -1.42. The summed E-state index contributed by atoms with van der Waals surface area (Å²) in [5.74, 6) is 1.09. The van der Waals surface area contributed by atoms with E-state index in [0.717, 1.165) is 35.3 Å². The van der Waals surface area contributed by atoms with E-state index in [9.17, 15) is 4.79 Å². The van der Waals surface area contributed by atoms with Crippen molar-refractivity contribution in [2.75, 3.05) is 18.6 Å². The van der Waals surface area contributed by atoms with Gasteiger partial charge in [0.1, 0.15) is 5.69 Å². The van der Waals surface area contributed by atoms with Gasteiger partial charge in [0.2, 0.25) is 0 Å². The number of rotatable bonds is 5. The summed E-state index contributed by atoms with van der Waals surface area (Å²) in [4.78, 5) is 12.2. The third-order valence-electron chi connectivity index (χ3n) is 3.30. The second-order valence-corrected chi connectivity index (χ2v) is 5.69. The molecular weight excluding hydrogens is 256 g/mol. The van der Waals surface area contributed by atoms with Crippen LogP contribution < -0.4 is 5.32 Å². The summed E-state index contributed by atoms with van der Waals surface area (Å²) in [6.45, 7) is 2.81. The SMILES string of the molecule is CSCCCNC(=O)c1cc2cccc(C)c2n1C. The summed E-state index contributed by atoms with van der Waals surface area (Å²) in [7, 11) is 1.95. The molecule has 0 bridgehead atoms. The molecule has 0 saturated carbocycles. The maximum Gasteiger partial charge on any atom is 0.267 e. The van der Waals surface area contributed by atoms with E-state index in [0.29, 0.717) is 0 Å². The lowest BCUT2D eigenvalue weighted by Crippen LogP contribution is -2.26. The Kier molecular flexibility index (Phi) is 4.53. The normalized spacial score (nSPS) is 10.9. The fourth-order valence-electron chi connectivity index (χ4n) is 2.35. The average molecular weight is 276 g/mol. The van der Waals surface area contributed by atoms with Gasteiger partial charge in [-0.25, -0.2) is 0 Å². The molecule has 1 N–H and O–H groups in total. The number of benzene rings is 1. The first-order valence-electron chi connectivity index (χ1n) is 6.47. The number of para-hydroxylation sites is 1. The first-order chi connectivity index (χ1) is 9.15. The number of aromatic nitrogens is 1. The number of thioether (sulfide) groups is 1. The highest BCUT2D eigenvalue weighted by Gasteiger charge is 2.13. The number of nitrogens with zero attached hydrogens (tertiary/aromatic N) is 1. The van der Waals surface area contributed by atoms with Gasteiger partial charge in [0.15, 0.2) is 0 Å². The molecule has 4 heteroatoms. The van der Waals surface area contributed by atoms with Gasteiger partial charge in [-0.3, -0.25) is 4.79 Å². The molecule has 2 rings (SSSR count). The van der Waals surface area contributed by atoms with Crippen molar-refractivity contribution < 1.29 is 4.79 Å². The zero-order valence-electron chi connectivity index (χ0n) is 11.7. The molecule has 0 spiro atoms. The van der Waals surface area contributed by atoms with Crippen LogP contribution in [-0.4, -0.2) is 29.0 Å². The highest BCUT2D eigenvalue weighted by Crippen LogP contribution is 2.21. The van der Waals surface area contributed by atoms with Crippen molar-refractivity contribution in [2.24, 2.45) is 7.05 Å². The molecule has 0 aliphatic heterocycles. The van der Waals surface area contributed by atoms with E-state index < -0.39 is 0 Å². The largest absolute Gasteiger partial charge is 0.351 e. The standard InChI is InChI=1S/C15H20N2OS/c1-11-6-4-7-12-10-13(17(2)14(11)12)15(18)16-8-5-9-19-3/h4,6-7,10H,5,8-9H2,1-3H3,(H,16,18). The molecule has 0 fully saturated rings. The number of carbonyl (C=O) groups excluding carboxylic acids is 1. The van der Waals surface area contributed by atoms with Gasteiger partial charge in [0.05, 0.1) is 5.52 Å². The fraction of sp³-hybridized carbons (Fsp3) is 0.400. The van der Waals surface area contributed by atoms with E-state index in [1.165, 1.54) is 5.56 Å². The highest BCUT2D eigenvalue weighted by molar-refractivity contribution is 7.98. The number of carbonyl (C=O) groups is 1. The number of fused-ring (bicyclic) bond motifs is 1. The Morgan fingerprint density at radius 2 is 2.21 bits per heavy atom. The number of nitrogens with one attached hydrogen (secondary N) is 1. The summed E-state index contributed by atoms with van der Waals surface area (Å²) in [6.07, 6.45) is 3.09. The van der Waals surface area contributed by atoms with Crippen LogP contribution in [0.5, 0.6) is 0 Å². The lowest BCUT2D eigenvalue weighted by atomic mass is 10.2. The summed E-state index contributed by atoms with van der Waals surface area (Å²) >= 11 is 1.80. The third-order valence-corrected chi connectivity index (χ3v) is 4.00. The number of amides is 1. The van der Waals surface area contributed by atoms with Crippen LogP contribution in [0.4, 0.5) is 0 Å². The molecular formula is C15H20N2OS. The molecule has 0 aliphatic rings. The summed E-state index contributed by atoms with van der Waals surface area (Å²) < 4.78 is 1.98. The molecule has 19 heavy (non-hydrogen) atoms. The Labute approximate surface area is 118 Å². The van der Waals surface area contributed by atoms with Gasteiger partial charge >= 0.3 is 0 Å². The van der Waals surface area contributed by atoms with Crippen LogP contribution in [0.15, 0.2) is 24.3 Å². The molecule has 1 aromatic carbocycles. The lowest BCUT2D eigenvalue weighted by molar-refractivity contribution is 0.0946. The van der Waals surface area contributed by atoms with Crippen molar-refractivity contribution in [3.63, 3.8) is 0 Å². The van der Waals surface area contributed by atoms with Crippen LogP contribution in [0.25, 0.3) is 10.9 Å². The van der Waals surface area contributed by atoms with Crippen molar-refractivity contribution in [1.29, 1.82) is 0 Å². The van der Waals surface area contributed by atoms with E-state index in [1.54, 1.807) is 11.8 Å². The topological polar surface area (TPSA) is 34.0 Å². The average Bonchev–Trinajstić information content (AvgIpc) is 2.73. The lowest BCUT2D eigenvalue weighted by Gasteiger charge is -2.07. The Bertz CT molecular complexity index is 589. The van der Waals surface area contributed by atoms with E-state index >= 15 is 0 Å². The molecule has 2 aromatic rings. The molecule has 1 amide bonds. The van der Waals surface area contributed by atoms with Crippen LogP contribution in [-0.2, 0) is 7.05 Å². The van der Waals surface area contributed by atoms with Crippen LogP contribution in [0, 0.1) is 6.92 Å². The molecule has 1 heterocycles. The summed E-state index contributed by atoms with van der Waals surface area (Å²) in [6, 6.07) is 8.11. The van der Waals surface area contributed by atoms with Crippen molar-refractivity contribution in [3.8, 4) is 0 Å². The van der Waals surface area contributed by atoms with Gasteiger partial charge in [-0.2, -0.15) is 11.8 Å². The van der Waals surface area contributed by atoms with Gasteiger partial charge in [0, 0.05) is 19.0 Å². The minimum absolute atomic E-state index is 0.0132. The second kappa shape index (κ2) is 6.15. The van der Waals surface area contributed by atoms with Gasteiger partial charge in [-0.05, 0) is 37.0 Å². The smallest absolute Gasteiger partial charge is 0.267 e. The maximum atomic E-state index is 12.2. The molecule has 102 valence electrons. The molecule has 0 radical (unpaired) electrons. The Morgan fingerprint density at radius 3 is 2.89 bits per heavy atom. The number of hydrogen-bond donors (Lipinski definition) is 1. The van der Waals surface area contributed by atoms with Crippen molar-refractivity contribution >= 4 is 28.6 Å². The van der Waals surface area contributed by atoms with Crippen LogP contribution in [0.1, 0.15) is 22.5 Å². The molecule has 3 nitrogen and oxygen atoms in total. The predicted molar refractivity (Wildman–Crippen MR) is 83.0 cm³/mol. The monoisotopic (exact) mass is 276 g/mol. The molecule has 0 saturated heterocycles. The van der Waals surface area contributed by atoms with E-state index in [1.807, 2.05) is 29.8 Å². The van der Waals surface area contributed by atoms with Gasteiger partial charge in [0.25, 0.3) is 5.91 Å². The van der Waals surface area contributed by atoms with Crippen LogP contribution >= 0.6 is 11.8 Å². The minimum Gasteiger partial charge on any atom is -0.351 e. The third kappa shape index (κ3) is 2.95. The first-order valence-corrected chi connectivity index (χ1v) is 7.86. The van der Waals surface area contributed by atoms with Gasteiger partial charge in [-0.15, -0.1) is 0 Å². The van der Waals surface area contributed by atoms with Crippen molar-refractivity contribution in [3.05, 3.63) is 35.5 Å². The summed E-state index contributed by atoms with van der Waals surface area (Å²) in [5, 5.41) is 4.10. The number of aryl methyl sites for hydroxylation is 2. The zero-order valence-corrected chi connectivity index (χ0v) is 12.5. The number of hydrogen-bond acceptors (Lipinski definition) is 2. The predicted octanol–water partition coefficient (Wildman–Crippen LogP) is 2.97. The van der Waals surface area contributed by atoms with Gasteiger partial charge in [-0.1, -0.05) is 18.2 Å². The minimum atomic E-state index is 0.0132. The Balaban J connectivity index is 2.18. The van der Waals surface area contributed by atoms with Crippen molar-refractivity contribution in [2.45, 2.75) is 13.3 Å². The quantitative estimate of drug-likeness (QED) is 0.852. The van der Waals surface area contributed by atoms with Crippen molar-refractivity contribution in [1.82, 2.24) is 9.88 Å². The molecule has 0 atom stereocenters. The highest BCUT2D eigenvalue weighted by atomic mass is 32.2. The van der Waals surface area contributed by atoms with Crippen LogP contribution in [0.2, 0.25) is 0 Å². The Morgan fingerprint density at radius 1 is 1.42 bits per heavy atom. The van der Waals surface area contributed by atoms with Gasteiger partial charge < -0.3 is 9.88 Å². The summed E-state index contributed by atoms with van der Waals surface area (Å²) in [5.41, 5.74) is 3.06. The molecule has 1 aromatic heterocycles.